The van der Waals surface area contributed by atoms with Crippen LogP contribution in [0.2, 0.25) is 0 Å². The number of rotatable bonds is 7. The summed E-state index contributed by atoms with van der Waals surface area (Å²) < 4.78 is 5.46. The monoisotopic (exact) mass is 396 g/mol. The molecule has 29 heavy (non-hydrogen) atoms. The van der Waals surface area contributed by atoms with Crippen LogP contribution in [0.25, 0.3) is 5.57 Å². The fourth-order valence-corrected chi connectivity index (χ4v) is 3.26. The molecule has 1 atom stereocenters. The first kappa shape index (κ1) is 20.6. The SMILES string of the molecule is C=C(N)N=C/C(=C\N)c1ccc(C(C)(c2noc(N3CC(O)C3)n2)C(C)C)cc1. The number of benzene rings is 1. The molecule has 0 aliphatic carbocycles. The molecule has 0 amide bonds. The van der Waals surface area contributed by atoms with Gasteiger partial charge < -0.3 is 26.0 Å². The smallest absolute Gasteiger partial charge is 0.324 e. The molecule has 154 valence electrons. The Labute approximate surface area is 170 Å². The summed E-state index contributed by atoms with van der Waals surface area (Å²) >= 11 is 0. The van der Waals surface area contributed by atoms with Crippen molar-refractivity contribution in [3.63, 3.8) is 0 Å². The van der Waals surface area contributed by atoms with Gasteiger partial charge in [0.05, 0.1) is 24.6 Å². The molecule has 3 rings (SSSR count). The molecule has 8 nitrogen and oxygen atoms in total. The van der Waals surface area contributed by atoms with E-state index in [9.17, 15) is 5.11 Å². The lowest BCUT2D eigenvalue weighted by Crippen LogP contribution is -2.51. The van der Waals surface area contributed by atoms with Crippen molar-refractivity contribution in [3.8, 4) is 0 Å². The third-order valence-electron chi connectivity index (χ3n) is 5.53. The van der Waals surface area contributed by atoms with E-state index in [1.807, 2.05) is 29.2 Å². The molecular weight excluding hydrogens is 368 g/mol. The second-order valence-corrected chi connectivity index (χ2v) is 7.77. The lowest BCUT2D eigenvalue weighted by atomic mass is 9.72. The van der Waals surface area contributed by atoms with E-state index >= 15 is 0 Å². The highest BCUT2D eigenvalue weighted by Crippen LogP contribution is 2.38. The highest BCUT2D eigenvalue weighted by molar-refractivity contribution is 6.09. The summed E-state index contributed by atoms with van der Waals surface area (Å²) in [5.41, 5.74) is 13.5. The van der Waals surface area contributed by atoms with Gasteiger partial charge in [0.25, 0.3) is 0 Å². The summed E-state index contributed by atoms with van der Waals surface area (Å²) in [7, 11) is 0. The molecule has 2 heterocycles. The quantitative estimate of drug-likeness (QED) is 0.611. The fourth-order valence-electron chi connectivity index (χ4n) is 3.26. The van der Waals surface area contributed by atoms with E-state index in [0.29, 0.717) is 24.9 Å². The molecule has 1 aromatic carbocycles. The molecule has 0 radical (unpaired) electrons. The molecule has 5 N–H and O–H groups in total. The van der Waals surface area contributed by atoms with Gasteiger partial charge in [-0.05, 0) is 24.0 Å². The number of aliphatic imine (C=N–C) groups is 1. The average Bonchev–Trinajstić information content (AvgIpc) is 3.15. The molecule has 8 heteroatoms. The van der Waals surface area contributed by atoms with Crippen LogP contribution in [0, 0.1) is 5.92 Å². The third kappa shape index (κ3) is 4.02. The van der Waals surface area contributed by atoms with E-state index in [0.717, 1.165) is 16.7 Å². The van der Waals surface area contributed by atoms with Gasteiger partial charge >= 0.3 is 6.01 Å². The van der Waals surface area contributed by atoms with E-state index in [2.05, 4.69) is 42.5 Å². The van der Waals surface area contributed by atoms with Gasteiger partial charge in [0.2, 0.25) is 0 Å². The zero-order valence-corrected chi connectivity index (χ0v) is 17.0. The molecule has 2 aromatic rings. The van der Waals surface area contributed by atoms with Crippen LogP contribution in [0.3, 0.4) is 0 Å². The predicted molar refractivity (Wildman–Crippen MR) is 114 cm³/mol. The van der Waals surface area contributed by atoms with Crippen LogP contribution in [0.4, 0.5) is 6.01 Å². The molecule has 1 saturated heterocycles. The Balaban J connectivity index is 1.90. The summed E-state index contributed by atoms with van der Waals surface area (Å²) in [6.07, 6.45) is 2.74. The molecule has 0 spiro atoms. The van der Waals surface area contributed by atoms with Gasteiger partial charge in [0.1, 0.15) is 5.82 Å². The Morgan fingerprint density at radius 3 is 2.55 bits per heavy atom. The number of hydrogen-bond acceptors (Lipinski definition) is 8. The first-order valence-corrected chi connectivity index (χ1v) is 9.54. The van der Waals surface area contributed by atoms with Crippen LogP contribution in [0.15, 0.2) is 52.4 Å². The summed E-state index contributed by atoms with van der Waals surface area (Å²) in [6.45, 7) is 10.9. The van der Waals surface area contributed by atoms with E-state index in [4.69, 9.17) is 16.0 Å². The topological polar surface area (TPSA) is 127 Å². The maximum Gasteiger partial charge on any atom is 0.324 e. The van der Waals surface area contributed by atoms with E-state index in [1.54, 1.807) is 6.21 Å². The minimum absolute atomic E-state index is 0.215. The van der Waals surface area contributed by atoms with Crippen LogP contribution in [0.5, 0.6) is 0 Å². The van der Waals surface area contributed by atoms with E-state index in [1.165, 1.54) is 6.20 Å². The van der Waals surface area contributed by atoms with Gasteiger partial charge in [0.15, 0.2) is 5.82 Å². The van der Waals surface area contributed by atoms with Gasteiger partial charge in [-0.2, -0.15) is 4.98 Å². The number of aromatic nitrogens is 2. The molecule has 1 aliphatic rings. The Morgan fingerprint density at radius 1 is 1.38 bits per heavy atom. The van der Waals surface area contributed by atoms with Crippen LogP contribution in [-0.2, 0) is 5.41 Å². The third-order valence-corrected chi connectivity index (χ3v) is 5.53. The number of anilines is 1. The van der Waals surface area contributed by atoms with Crippen molar-refractivity contribution in [1.82, 2.24) is 10.1 Å². The van der Waals surface area contributed by atoms with Crippen molar-refractivity contribution in [2.75, 3.05) is 18.0 Å². The summed E-state index contributed by atoms with van der Waals surface area (Å²) in [5.74, 6) is 1.05. The standard InChI is InChI=1S/C21H28N6O2/c1-13(2)21(4,19-25-20(29-26-19)27-11-18(28)12-27)17-7-5-15(6-8-17)16(9-22)10-24-14(3)23/h5-10,13,18,28H,3,11-12,22-23H2,1-2,4H3/b16-9+,24-10?. The number of aliphatic hydroxyl groups excluding tert-OH is 1. The number of β-amino-alcohol motifs (C(OH)–C–C–N with tert-alkyl or cyclic N) is 1. The van der Waals surface area contributed by atoms with Gasteiger partial charge in [0, 0.05) is 18.0 Å². The maximum atomic E-state index is 9.51. The highest BCUT2D eigenvalue weighted by atomic mass is 16.5. The number of aliphatic hydroxyl groups is 1. The van der Waals surface area contributed by atoms with Crippen molar-refractivity contribution < 1.29 is 9.63 Å². The first-order chi connectivity index (χ1) is 13.8. The second-order valence-electron chi connectivity index (χ2n) is 7.77. The van der Waals surface area contributed by atoms with Crippen molar-refractivity contribution in [2.24, 2.45) is 22.4 Å². The molecule has 1 fully saturated rings. The largest absolute Gasteiger partial charge is 0.404 e. The number of hydrogen-bond donors (Lipinski definition) is 3. The molecule has 1 aliphatic heterocycles. The Hall–Kier alpha value is -3.13. The van der Waals surface area contributed by atoms with Crippen LogP contribution in [0.1, 0.15) is 37.7 Å². The zero-order valence-electron chi connectivity index (χ0n) is 17.0. The maximum absolute atomic E-state index is 9.51. The summed E-state index contributed by atoms with van der Waals surface area (Å²) in [5, 5.41) is 13.8. The molecule has 1 aromatic heterocycles. The predicted octanol–water partition coefficient (Wildman–Crippen LogP) is 2.01. The first-order valence-electron chi connectivity index (χ1n) is 9.54. The van der Waals surface area contributed by atoms with Crippen molar-refractivity contribution >= 4 is 17.8 Å². The summed E-state index contributed by atoms with van der Waals surface area (Å²) in [4.78, 5) is 10.5. The van der Waals surface area contributed by atoms with Crippen LogP contribution in [-0.4, -0.2) is 40.7 Å². The normalized spacial score (nSPS) is 17.6. The van der Waals surface area contributed by atoms with E-state index < -0.39 is 5.41 Å². The van der Waals surface area contributed by atoms with Crippen LogP contribution < -0.4 is 16.4 Å². The van der Waals surface area contributed by atoms with Gasteiger partial charge in [-0.25, -0.2) is 4.99 Å². The minimum Gasteiger partial charge on any atom is -0.404 e. The number of nitrogens with two attached hydrogens (primary N) is 2. The van der Waals surface area contributed by atoms with Crippen molar-refractivity contribution in [1.29, 1.82) is 0 Å². The molecule has 0 saturated carbocycles. The van der Waals surface area contributed by atoms with Crippen LogP contribution >= 0.6 is 0 Å². The van der Waals surface area contributed by atoms with Gasteiger partial charge in [-0.15, -0.1) is 0 Å². The number of allylic oxidation sites excluding steroid dienone is 1. The lowest BCUT2D eigenvalue weighted by molar-refractivity contribution is 0.135. The van der Waals surface area contributed by atoms with Crippen molar-refractivity contribution in [3.05, 3.63) is 59.8 Å². The average molecular weight is 396 g/mol. The fraction of sp³-hybridized carbons (Fsp3) is 0.381. The number of nitrogens with zero attached hydrogens (tertiary/aromatic N) is 4. The Bertz CT molecular complexity index is 925. The van der Waals surface area contributed by atoms with Crippen molar-refractivity contribution in [2.45, 2.75) is 32.3 Å². The zero-order chi connectivity index (χ0) is 21.2. The molecule has 1 unspecified atom stereocenters. The molecular formula is C21H28N6O2. The van der Waals surface area contributed by atoms with Gasteiger partial charge in [-0.3, -0.25) is 0 Å². The highest BCUT2D eigenvalue weighted by Gasteiger charge is 2.39. The minimum atomic E-state index is -0.448. The van der Waals surface area contributed by atoms with E-state index in [-0.39, 0.29) is 17.8 Å². The Kier molecular flexibility index (Phi) is 5.74. The summed E-state index contributed by atoms with van der Waals surface area (Å²) in [6, 6.07) is 8.47. The Morgan fingerprint density at radius 2 is 2.03 bits per heavy atom. The van der Waals surface area contributed by atoms with Gasteiger partial charge in [-0.1, -0.05) is 49.8 Å². The lowest BCUT2D eigenvalue weighted by Gasteiger charge is -2.34. The second kappa shape index (κ2) is 8.08. The molecule has 0 bridgehead atoms.